The summed E-state index contributed by atoms with van der Waals surface area (Å²) in [7, 11) is -0.0587. The number of hydrogen-bond acceptors (Lipinski definition) is 5. The van der Waals surface area contributed by atoms with Gasteiger partial charge in [-0.25, -0.2) is 0 Å². The molecule has 6 atom stereocenters. The van der Waals surface area contributed by atoms with Crippen LogP contribution < -0.4 is 4.74 Å². The molecule has 0 radical (unpaired) electrons. The summed E-state index contributed by atoms with van der Waals surface area (Å²) >= 11 is 0. The van der Waals surface area contributed by atoms with Gasteiger partial charge in [-0.2, -0.15) is 0 Å². The first-order chi connectivity index (χ1) is 12.5. The van der Waals surface area contributed by atoms with Crippen LogP contribution in [-0.4, -0.2) is 25.1 Å². The van der Waals surface area contributed by atoms with E-state index < -0.39 is 11.7 Å². The van der Waals surface area contributed by atoms with Gasteiger partial charge in [-0.15, -0.1) is 0 Å². The topological polar surface area (TPSA) is 46.2 Å². The first-order valence-electron chi connectivity index (χ1n) is 9.37. The van der Waals surface area contributed by atoms with Gasteiger partial charge in [0.15, 0.2) is 18.1 Å². The molecule has 2 aliphatic heterocycles. The van der Waals surface area contributed by atoms with Crippen LogP contribution in [0.1, 0.15) is 47.1 Å². The first kappa shape index (κ1) is 21.4. The molecule has 1 aromatic rings. The number of hydrogen-bond donors (Lipinski definition) is 0. The molecule has 0 aliphatic carbocycles. The molecule has 5 nitrogen and oxygen atoms in total. The van der Waals surface area contributed by atoms with Crippen LogP contribution in [0.5, 0.6) is 5.75 Å². The van der Waals surface area contributed by atoms with Crippen LogP contribution in [0.3, 0.4) is 0 Å². The lowest BCUT2D eigenvalue weighted by atomic mass is 9.62. The fourth-order valence-electron chi connectivity index (χ4n) is 4.13. The minimum atomic E-state index is -0.572. The van der Waals surface area contributed by atoms with Gasteiger partial charge in [0, 0.05) is 0 Å². The molecule has 1 aromatic carbocycles. The van der Waals surface area contributed by atoms with Crippen LogP contribution in [0.4, 0.5) is 0 Å². The Kier molecular flexibility index (Phi) is 6.24. The second-order valence-corrected chi connectivity index (χ2v) is 11.0. The molecule has 1 spiro atoms. The Morgan fingerprint density at radius 2 is 1.44 bits per heavy atom. The third-order valence-corrected chi connectivity index (χ3v) is 6.36. The fourth-order valence-corrected chi connectivity index (χ4v) is 6.26. The highest BCUT2D eigenvalue weighted by atomic mass is 31.1. The molecule has 0 amide bonds. The molecule has 3 rings (SSSR count). The van der Waals surface area contributed by atoms with Crippen molar-refractivity contribution < 1.29 is 22.8 Å². The Hall–Kier alpha value is -0.280. The maximum Gasteiger partial charge on any atom is 0.218 e. The van der Waals surface area contributed by atoms with E-state index in [4.69, 9.17) is 22.8 Å². The van der Waals surface area contributed by atoms with Gasteiger partial charge in [-0.1, -0.05) is 59.2 Å². The average Bonchev–Trinajstić information content (AvgIpc) is 2.57. The molecule has 152 valence electrons. The van der Waals surface area contributed by atoms with E-state index >= 15 is 0 Å². The molecule has 2 heterocycles. The highest BCUT2D eigenvalue weighted by molar-refractivity contribution is 7.26. The Bertz CT molecular complexity index is 615. The summed E-state index contributed by atoms with van der Waals surface area (Å²) in [6.45, 7) is 15.7. The van der Waals surface area contributed by atoms with Crippen molar-refractivity contribution in [2.24, 2.45) is 16.2 Å². The molecule has 2 fully saturated rings. The fraction of sp³-hybridized carbons (Fsp3) is 0.700. The van der Waals surface area contributed by atoms with Crippen molar-refractivity contribution >= 4 is 18.1 Å². The summed E-state index contributed by atoms with van der Waals surface area (Å²) in [5, 5.41) is 0. The van der Waals surface area contributed by atoms with E-state index in [9.17, 15) is 0 Å². The maximum absolute atomic E-state index is 6.40. The summed E-state index contributed by atoms with van der Waals surface area (Å²) in [6, 6.07) is 8.05. The van der Waals surface area contributed by atoms with Crippen LogP contribution in [-0.2, 0) is 18.1 Å². The lowest BCUT2D eigenvalue weighted by Crippen LogP contribution is -2.67. The molecule has 0 N–H and O–H groups in total. The minimum Gasteiger partial charge on any atom is -0.464 e. The Labute approximate surface area is 166 Å². The van der Waals surface area contributed by atoms with Crippen LogP contribution in [0.25, 0.3) is 0 Å². The van der Waals surface area contributed by atoms with E-state index in [2.05, 4.69) is 48.5 Å². The largest absolute Gasteiger partial charge is 0.464 e. The Morgan fingerprint density at radius 3 is 2.00 bits per heavy atom. The van der Waals surface area contributed by atoms with Crippen LogP contribution in [0.2, 0.25) is 0 Å². The van der Waals surface area contributed by atoms with E-state index in [1.807, 2.05) is 24.3 Å². The van der Waals surface area contributed by atoms with Gasteiger partial charge in [0.05, 0.1) is 18.8 Å². The van der Waals surface area contributed by atoms with Gasteiger partial charge in [-0.3, -0.25) is 4.52 Å². The minimum absolute atomic E-state index is 0.0185. The van der Waals surface area contributed by atoms with Crippen molar-refractivity contribution in [3.63, 3.8) is 0 Å². The van der Waals surface area contributed by atoms with Crippen LogP contribution >= 0.6 is 18.1 Å². The zero-order chi connectivity index (χ0) is 19.9. The Morgan fingerprint density at radius 1 is 0.889 bits per heavy atom. The van der Waals surface area contributed by atoms with Gasteiger partial charge in [-0.05, 0) is 29.9 Å². The van der Waals surface area contributed by atoms with Crippen molar-refractivity contribution in [2.75, 3.05) is 6.61 Å². The molecule has 0 aromatic heterocycles. The van der Waals surface area contributed by atoms with Gasteiger partial charge in [0.25, 0.3) is 0 Å². The molecular weight excluding hydrogens is 382 g/mol. The zero-order valence-corrected chi connectivity index (χ0v) is 19.3. The average molecular weight is 414 g/mol. The van der Waals surface area contributed by atoms with Gasteiger partial charge in [0.2, 0.25) is 6.29 Å². The number of aryl methyl sites for hydroxylation is 1. The van der Waals surface area contributed by atoms with Crippen LogP contribution in [0.15, 0.2) is 24.3 Å². The molecule has 2 aliphatic rings. The van der Waals surface area contributed by atoms with E-state index in [0.717, 1.165) is 5.75 Å². The van der Waals surface area contributed by atoms with Gasteiger partial charge >= 0.3 is 0 Å². The van der Waals surface area contributed by atoms with Gasteiger partial charge in [0.1, 0.15) is 11.2 Å². The summed E-state index contributed by atoms with van der Waals surface area (Å²) in [5.41, 5.74) is 0.375. The summed E-state index contributed by atoms with van der Waals surface area (Å²) in [6.07, 6.45) is -0.755. The zero-order valence-electron chi connectivity index (χ0n) is 17.3. The molecule has 0 bridgehead atoms. The van der Waals surface area contributed by atoms with E-state index in [1.165, 1.54) is 5.56 Å². The molecule has 2 saturated heterocycles. The summed E-state index contributed by atoms with van der Waals surface area (Å²) in [5.74, 6) is 0.782. The van der Waals surface area contributed by atoms with E-state index in [0.29, 0.717) is 6.61 Å². The van der Waals surface area contributed by atoms with Crippen molar-refractivity contribution in [3.05, 3.63) is 29.8 Å². The number of ether oxygens (including phenoxy) is 1. The second kappa shape index (κ2) is 7.86. The predicted octanol–water partition coefficient (Wildman–Crippen LogP) is 5.63. The lowest BCUT2D eigenvalue weighted by molar-refractivity contribution is -0.261. The summed E-state index contributed by atoms with van der Waals surface area (Å²) in [4.78, 5) is 0. The standard InChI is InChI=1S/C20H32O5P2/c1-13-8-10-14(11-9-13)22-17-20(16(19(5,6)7)24-27-25-17)12-21-26-23-15(20)18(2,3)4/h8-11,15-17,26-27H,12H2,1-7H3. The Balaban J connectivity index is 2.05. The quantitative estimate of drug-likeness (QED) is 0.587. The SMILES string of the molecule is Cc1ccc(OC2OPOC(C(C)(C)C)C23COPOC3C(C)(C)C)cc1. The highest BCUT2D eigenvalue weighted by Crippen LogP contribution is 2.58. The summed E-state index contributed by atoms with van der Waals surface area (Å²) < 4.78 is 30.8. The van der Waals surface area contributed by atoms with E-state index in [1.54, 1.807) is 0 Å². The van der Waals surface area contributed by atoms with Crippen molar-refractivity contribution in [3.8, 4) is 5.75 Å². The van der Waals surface area contributed by atoms with Crippen molar-refractivity contribution in [2.45, 2.75) is 67.0 Å². The smallest absolute Gasteiger partial charge is 0.218 e. The highest BCUT2D eigenvalue weighted by Gasteiger charge is 2.64. The third kappa shape index (κ3) is 4.34. The van der Waals surface area contributed by atoms with Crippen molar-refractivity contribution in [1.82, 2.24) is 0 Å². The number of rotatable bonds is 2. The lowest BCUT2D eigenvalue weighted by Gasteiger charge is -2.58. The molecule has 7 heteroatoms. The second-order valence-electron chi connectivity index (χ2n) is 9.68. The van der Waals surface area contributed by atoms with E-state index in [-0.39, 0.29) is 41.1 Å². The first-order valence-corrected chi connectivity index (χ1v) is 11.0. The number of benzene rings is 1. The third-order valence-electron chi connectivity index (χ3n) is 5.12. The maximum atomic E-state index is 6.40. The monoisotopic (exact) mass is 414 g/mol. The normalized spacial score (nSPS) is 34.3. The predicted molar refractivity (Wildman–Crippen MR) is 110 cm³/mol. The van der Waals surface area contributed by atoms with Crippen molar-refractivity contribution in [1.29, 1.82) is 0 Å². The molecule has 0 saturated carbocycles. The van der Waals surface area contributed by atoms with Crippen LogP contribution in [0, 0.1) is 23.2 Å². The molecular formula is C20H32O5P2. The molecule has 27 heavy (non-hydrogen) atoms. The molecule has 6 unspecified atom stereocenters. The van der Waals surface area contributed by atoms with Gasteiger partial charge < -0.3 is 18.3 Å².